The number of aromatic amines is 1. The fourth-order valence-corrected chi connectivity index (χ4v) is 5.23. The molecular weight excluding hydrogens is 472 g/mol. The average Bonchev–Trinajstić information content (AvgIpc) is 3.45. The number of nitrogens with zero attached hydrogens (tertiary/aromatic N) is 3. The molecule has 1 aliphatic rings. The van der Waals surface area contributed by atoms with Gasteiger partial charge in [-0.15, -0.1) is 11.3 Å². The Morgan fingerprint density at radius 1 is 1.03 bits per heavy atom. The van der Waals surface area contributed by atoms with Crippen LogP contribution in [0.15, 0.2) is 54.6 Å². The van der Waals surface area contributed by atoms with Gasteiger partial charge in [-0.2, -0.15) is 5.10 Å². The smallest absolute Gasteiger partial charge is 0.256 e. The Kier molecular flexibility index (Phi) is 7.02. The molecule has 2 amide bonds. The van der Waals surface area contributed by atoms with Gasteiger partial charge in [0.25, 0.3) is 5.91 Å². The molecule has 0 atom stereocenters. The first kappa shape index (κ1) is 24.0. The average molecular weight is 503 g/mol. The summed E-state index contributed by atoms with van der Waals surface area (Å²) < 4.78 is 0. The third-order valence-electron chi connectivity index (χ3n) is 6.48. The van der Waals surface area contributed by atoms with Crippen molar-refractivity contribution in [3.63, 3.8) is 0 Å². The summed E-state index contributed by atoms with van der Waals surface area (Å²) >= 11 is 1.45. The van der Waals surface area contributed by atoms with Crippen LogP contribution in [0.1, 0.15) is 26.4 Å². The molecule has 0 unspecified atom stereocenters. The molecule has 0 aliphatic carbocycles. The van der Waals surface area contributed by atoms with Crippen molar-refractivity contribution in [2.24, 2.45) is 0 Å². The van der Waals surface area contributed by atoms with E-state index in [-0.39, 0.29) is 18.2 Å². The molecule has 1 fully saturated rings. The minimum Gasteiger partial charge on any atom is -0.369 e. The first-order chi connectivity index (χ1) is 17.4. The number of amides is 2. The zero-order valence-electron chi connectivity index (χ0n) is 20.5. The highest BCUT2D eigenvalue weighted by atomic mass is 32.1. The first-order valence-corrected chi connectivity index (χ1v) is 12.9. The Bertz CT molecular complexity index is 1350. The molecule has 0 bridgehead atoms. The van der Waals surface area contributed by atoms with Crippen LogP contribution >= 0.6 is 11.3 Å². The van der Waals surface area contributed by atoms with Gasteiger partial charge in [-0.3, -0.25) is 14.7 Å². The number of H-pyrrole nitrogens is 1. The Labute approximate surface area is 214 Å². The summed E-state index contributed by atoms with van der Waals surface area (Å²) in [6.07, 6.45) is 0.272. The van der Waals surface area contributed by atoms with Crippen LogP contribution in [0.25, 0.3) is 10.2 Å². The fourth-order valence-electron chi connectivity index (χ4n) is 4.24. The fraction of sp³-hybridized carbons (Fsp3) is 0.296. The summed E-state index contributed by atoms with van der Waals surface area (Å²) in [4.78, 5) is 31.6. The third kappa shape index (κ3) is 5.58. The molecule has 0 spiro atoms. The molecule has 2 aromatic carbocycles. The van der Waals surface area contributed by atoms with Crippen LogP contribution in [0.2, 0.25) is 0 Å². The summed E-state index contributed by atoms with van der Waals surface area (Å²) in [6.45, 7) is 6.58. The predicted molar refractivity (Wildman–Crippen MR) is 145 cm³/mol. The molecule has 186 valence electrons. The Morgan fingerprint density at radius 2 is 1.75 bits per heavy atom. The molecule has 2 aromatic heterocycles. The zero-order valence-corrected chi connectivity index (χ0v) is 21.3. The van der Waals surface area contributed by atoms with Gasteiger partial charge in [0, 0.05) is 48.9 Å². The molecule has 1 saturated heterocycles. The lowest BCUT2D eigenvalue weighted by Gasteiger charge is -2.34. The highest BCUT2D eigenvalue weighted by Crippen LogP contribution is 2.30. The second-order valence-electron chi connectivity index (χ2n) is 9.26. The van der Waals surface area contributed by atoms with E-state index in [1.807, 2.05) is 61.5 Å². The van der Waals surface area contributed by atoms with Crippen molar-refractivity contribution in [1.29, 1.82) is 0 Å². The van der Waals surface area contributed by atoms with Gasteiger partial charge in [-0.25, -0.2) is 0 Å². The Morgan fingerprint density at radius 3 is 2.47 bits per heavy atom. The summed E-state index contributed by atoms with van der Waals surface area (Å²) in [5.41, 5.74) is 3.97. The number of piperazine rings is 1. The number of carbonyl (C=O) groups excluding carboxylic acids is 2. The number of nitrogens with one attached hydrogen (secondary N) is 3. The number of anilines is 2. The Hall–Kier alpha value is -3.69. The van der Waals surface area contributed by atoms with Crippen molar-refractivity contribution in [1.82, 2.24) is 20.4 Å². The summed E-state index contributed by atoms with van der Waals surface area (Å²) in [5, 5.41) is 13.9. The largest absolute Gasteiger partial charge is 0.369 e. The highest BCUT2D eigenvalue weighted by molar-refractivity contribution is 7.18. The van der Waals surface area contributed by atoms with Crippen LogP contribution < -0.4 is 15.5 Å². The number of likely N-dealkylation sites (N-methyl/N-ethyl adjacent to an activating group) is 1. The number of hydrogen-bond acceptors (Lipinski definition) is 6. The maximum atomic E-state index is 12.9. The SMILES string of the molecule is Cc1ccc(CNC(=O)Cc2cc3c(NC(=O)c4ccc(N5CCN(C)CC5)cc4)[nH]nc3s2)cc1. The van der Waals surface area contributed by atoms with Crippen molar-refractivity contribution < 1.29 is 9.59 Å². The zero-order chi connectivity index (χ0) is 25.1. The molecule has 8 nitrogen and oxygen atoms in total. The van der Waals surface area contributed by atoms with E-state index in [0.717, 1.165) is 52.5 Å². The van der Waals surface area contributed by atoms with Crippen molar-refractivity contribution >= 4 is 44.9 Å². The molecule has 9 heteroatoms. The number of carbonyl (C=O) groups is 2. The van der Waals surface area contributed by atoms with E-state index in [9.17, 15) is 9.59 Å². The number of rotatable bonds is 7. The van der Waals surface area contributed by atoms with Crippen LogP contribution in [0.4, 0.5) is 11.5 Å². The molecule has 3 N–H and O–H groups in total. The lowest BCUT2D eigenvalue weighted by molar-refractivity contribution is -0.120. The van der Waals surface area contributed by atoms with E-state index in [1.165, 1.54) is 16.9 Å². The molecule has 4 aromatic rings. The molecule has 1 aliphatic heterocycles. The quantitative estimate of drug-likeness (QED) is 0.358. The number of benzene rings is 2. The number of aryl methyl sites for hydroxylation is 1. The second-order valence-corrected chi connectivity index (χ2v) is 10.4. The minimum atomic E-state index is -0.200. The maximum absolute atomic E-state index is 12.9. The molecule has 0 saturated carbocycles. The van der Waals surface area contributed by atoms with Gasteiger partial charge in [0.2, 0.25) is 5.91 Å². The third-order valence-corrected chi connectivity index (χ3v) is 7.51. The second kappa shape index (κ2) is 10.5. The van der Waals surface area contributed by atoms with Crippen LogP contribution in [0, 0.1) is 6.92 Å². The monoisotopic (exact) mass is 502 g/mol. The molecule has 36 heavy (non-hydrogen) atoms. The predicted octanol–water partition coefficient (Wildman–Crippen LogP) is 3.80. The van der Waals surface area contributed by atoms with E-state index in [1.54, 1.807) is 0 Å². The molecule has 5 rings (SSSR count). The van der Waals surface area contributed by atoms with Crippen LogP contribution in [0.3, 0.4) is 0 Å². The van der Waals surface area contributed by atoms with Gasteiger partial charge in [0.1, 0.15) is 10.6 Å². The highest BCUT2D eigenvalue weighted by Gasteiger charge is 2.17. The molecule has 0 radical (unpaired) electrons. The lowest BCUT2D eigenvalue weighted by Crippen LogP contribution is -2.44. The van der Waals surface area contributed by atoms with Crippen molar-refractivity contribution in [2.75, 3.05) is 43.4 Å². The summed E-state index contributed by atoms with van der Waals surface area (Å²) in [5.74, 6) is 0.296. The standard InChI is InChI=1S/C27H30N6O2S/c1-18-3-5-19(6-4-18)17-28-24(34)16-22-15-23-25(30-31-27(23)36-22)29-26(35)20-7-9-21(10-8-20)33-13-11-32(2)12-14-33/h3-10,15H,11-14,16-17H2,1-2H3,(H,28,34)(H2,29,30,31,35). The van der Waals surface area contributed by atoms with E-state index in [4.69, 9.17) is 0 Å². The van der Waals surface area contributed by atoms with Gasteiger partial charge in [0.05, 0.1) is 11.8 Å². The number of thiophene rings is 1. The normalized spacial score (nSPS) is 14.2. The summed E-state index contributed by atoms with van der Waals surface area (Å²) in [7, 11) is 2.13. The van der Waals surface area contributed by atoms with Gasteiger partial charge >= 0.3 is 0 Å². The minimum absolute atomic E-state index is 0.0468. The molecular formula is C27H30N6O2S. The van der Waals surface area contributed by atoms with E-state index in [2.05, 4.69) is 37.7 Å². The van der Waals surface area contributed by atoms with Crippen LogP contribution in [0.5, 0.6) is 0 Å². The molecule has 3 heterocycles. The number of fused-ring (bicyclic) bond motifs is 1. The van der Waals surface area contributed by atoms with Crippen LogP contribution in [-0.2, 0) is 17.8 Å². The van der Waals surface area contributed by atoms with Crippen molar-refractivity contribution in [3.8, 4) is 0 Å². The van der Waals surface area contributed by atoms with E-state index >= 15 is 0 Å². The van der Waals surface area contributed by atoms with Gasteiger partial charge in [-0.1, -0.05) is 29.8 Å². The number of aromatic nitrogens is 2. The maximum Gasteiger partial charge on any atom is 0.256 e. The van der Waals surface area contributed by atoms with Crippen molar-refractivity contribution in [3.05, 3.63) is 76.2 Å². The van der Waals surface area contributed by atoms with Gasteiger partial charge in [0.15, 0.2) is 0 Å². The number of hydrogen-bond donors (Lipinski definition) is 3. The van der Waals surface area contributed by atoms with E-state index < -0.39 is 0 Å². The van der Waals surface area contributed by atoms with Gasteiger partial charge in [-0.05, 0) is 49.9 Å². The topological polar surface area (TPSA) is 93.4 Å². The summed E-state index contributed by atoms with van der Waals surface area (Å²) in [6, 6.07) is 17.7. The lowest BCUT2D eigenvalue weighted by atomic mass is 10.1. The van der Waals surface area contributed by atoms with Crippen LogP contribution in [-0.4, -0.2) is 60.1 Å². The Balaban J connectivity index is 1.18. The first-order valence-electron chi connectivity index (χ1n) is 12.1. The van der Waals surface area contributed by atoms with E-state index in [0.29, 0.717) is 17.9 Å². The van der Waals surface area contributed by atoms with Crippen molar-refractivity contribution in [2.45, 2.75) is 19.9 Å². The van der Waals surface area contributed by atoms with Gasteiger partial charge < -0.3 is 20.4 Å².